The van der Waals surface area contributed by atoms with E-state index in [1.165, 1.54) is 18.4 Å². The summed E-state index contributed by atoms with van der Waals surface area (Å²) in [6.07, 6.45) is 3.42. The Balaban J connectivity index is 1.53. The van der Waals surface area contributed by atoms with Crippen molar-refractivity contribution in [3.8, 4) is 0 Å². The first-order chi connectivity index (χ1) is 12.1. The molecule has 1 saturated heterocycles. The van der Waals surface area contributed by atoms with E-state index in [2.05, 4.69) is 35.1 Å². The Morgan fingerprint density at radius 1 is 1.32 bits per heavy atom. The number of likely N-dealkylation sites (tertiary alicyclic amines) is 1. The van der Waals surface area contributed by atoms with E-state index in [-0.39, 0.29) is 5.91 Å². The maximum atomic E-state index is 12.6. The molecule has 1 aromatic rings. The van der Waals surface area contributed by atoms with E-state index in [0.717, 1.165) is 49.5 Å². The Morgan fingerprint density at radius 3 is 2.88 bits per heavy atom. The lowest BCUT2D eigenvalue weighted by atomic mass is 9.97. The highest BCUT2D eigenvalue weighted by Gasteiger charge is 2.27. The molecule has 0 saturated carbocycles. The Kier molecular flexibility index (Phi) is 5.61. The summed E-state index contributed by atoms with van der Waals surface area (Å²) in [6.45, 7) is 7.70. The van der Waals surface area contributed by atoms with Crippen molar-refractivity contribution >= 4 is 17.6 Å². The number of fused-ring (bicyclic) bond motifs is 1. The predicted octanol–water partition coefficient (Wildman–Crippen LogP) is 2.52. The van der Waals surface area contributed by atoms with Gasteiger partial charge in [0.05, 0.1) is 6.54 Å². The number of nitrogens with zero attached hydrogens (tertiary/aromatic N) is 3. The summed E-state index contributed by atoms with van der Waals surface area (Å²) in [5.74, 6) is 2.44. The molecule has 0 bridgehead atoms. The van der Waals surface area contributed by atoms with Crippen molar-refractivity contribution in [2.45, 2.75) is 33.1 Å². The van der Waals surface area contributed by atoms with E-state index in [0.29, 0.717) is 6.54 Å². The summed E-state index contributed by atoms with van der Waals surface area (Å²) in [6, 6.07) is 8.17. The van der Waals surface area contributed by atoms with Gasteiger partial charge in [-0.3, -0.25) is 9.79 Å². The number of nitrogens with one attached hydrogen (secondary N) is 1. The first-order valence-electron chi connectivity index (χ1n) is 9.42. The maximum Gasteiger partial charge on any atom is 0.246 e. The fraction of sp³-hybridized carbons (Fsp3) is 0.600. The molecule has 1 atom stereocenters. The predicted molar refractivity (Wildman–Crippen MR) is 103 cm³/mol. The molecule has 0 radical (unpaired) electrons. The summed E-state index contributed by atoms with van der Waals surface area (Å²) in [4.78, 5) is 21.2. The Labute approximate surface area is 151 Å². The molecule has 5 heteroatoms. The van der Waals surface area contributed by atoms with Crippen LogP contribution in [0.1, 0.15) is 32.3 Å². The number of benzene rings is 1. The number of carbonyl (C=O) groups is 1. The average molecular weight is 342 g/mol. The monoisotopic (exact) mass is 342 g/mol. The van der Waals surface area contributed by atoms with Gasteiger partial charge in [-0.2, -0.15) is 0 Å². The lowest BCUT2D eigenvalue weighted by Gasteiger charge is -2.23. The molecule has 1 aromatic carbocycles. The number of anilines is 1. The second-order valence-electron chi connectivity index (χ2n) is 7.56. The van der Waals surface area contributed by atoms with Crippen LogP contribution in [0.2, 0.25) is 0 Å². The van der Waals surface area contributed by atoms with Gasteiger partial charge in [0.15, 0.2) is 5.96 Å². The smallest absolute Gasteiger partial charge is 0.246 e. The first-order valence-corrected chi connectivity index (χ1v) is 9.42. The van der Waals surface area contributed by atoms with Crippen molar-refractivity contribution in [2.75, 3.05) is 38.1 Å². The van der Waals surface area contributed by atoms with Crippen LogP contribution in [0.4, 0.5) is 5.69 Å². The summed E-state index contributed by atoms with van der Waals surface area (Å²) in [7, 11) is 1.80. The second kappa shape index (κ2) is 7.89. The van der Waals surface area contributed by atoms with Crippen LogP contribution in [0.15, 0.2) is 29.3 Å². The highest BCUT2D eigenvalue weighted by molar-refractivity contribution is 5.98. The molecule has 0 aliphatic carbocycles. The van der Waals surface area contributed by atoms with E-state index >= 15 is 0 Å². The molecule has 2 heterocycles. The molecule has 25 heavy (non-hydrogen) atoms. The number of rotatable bonds is 4. The number of amides is 1. The molecule has 0 aromatic heterocycles. The highest BCUT2D eigenvalue weighted by atomic mass is 16.2. The van der Waals surface area contributed by atoms with Gasteiger partial charge in [-0.1, -0.05) is 32.0 Å². The van der Waals surface area contributed by atoms with Crippen molar-refractivity contribution in [3.05, 3.63) is 29.8 Å². The number of hydrogen-bond acceptors (Lipinski definition) is 2. The van der Waals surface area contributed by atoms with E-state index in [1.807, 2.05) is 23.1 Å². The quantitative estimate of drug-likeness (QED) is 0.676. The number of para-hydroxylation sites is 1. The summed E-state index contributed by atoms with van der Waals surface area (Å²) >= 11 is 0. The molecule has 1 amide bonds. The SMILES string of the molecule is CN=C(NCC(=O)N1CCc2ccccc21)N1CCC(CC(C)C)C1. The summed E-state index contributed by atoms with van der Waals surface area (Å²) < 4.78 is 0. The fourth-order valence-electron chi connectivity index (χ4n) is 4.06. The molecule has 0 spiro atoms. The van der Waals surface area contributed by atoms with Gasteiger partial charge in [0.25, 0.3) is 0 Å². The zero-order valence-corrected chi connectivity index (χ0v) is 15.7. The number of guanidine groups is 1. The zero-order chi connectivity index (χ0) is 17.8. The largest absolute Gasteiger partial charge is 0.347 e. The zero-order valence-electron chi connectivity index (χ0n) is 15.7. The van der Waals surface area contributed by atoms with Crippen LogP contribution in [-0.2, 0) is 11.2 Å². The molecule has 5 nitrogen and oxygen atoms in total. The van der Waals surface area contributed by atoms with Crippen molar-refractivity contribution in [1.82, 2.24) is 10.2 Å². The van der Waals surface area contributed by atoms with Gasteiger partial charge in [0.1, 0.15) is 0 Å². The van der Waals surface area contributed by atoms with E-state index in [9.17, 15) is 4.79 Å². The second-order valence-corrected chi connectivity index (χ2v) is 7.56. The fourth-order valence-corrected chi connectivity index (χ4v) is 4.06. The van der Waals surface area contributed by atoms with Gasteiger partial charge in [-0.05, 0) is 42.7 Å². The van der Waals surface area contributed by atoms with Crippen LogP contribution in [0.3, 0.4) is 0 Å². The minimum absolute atomic E-state index is 0.115. The Hall–Kier alpha value is -2.04. The third-order valence-electron chi connectivity index (χ3n) is 5.19. The molecule has 2 aliphatic heterocycles. The minimum Gasteiger partial charge on any atom is -0.347 e. The average Bonchev–Trinajstić information content (AvgIpc) is 3.22. The van der Waals surface area contributed by atoms with E-state index in [4.69, 9.17) is 0 Å². The molecule has 1 fully saturated rings. The molecule has 2 aliphatic rings. The Bertz CT molecular complexity index is 640. The number of aliphatic imine (C=N–C) groups is 1. The van der Waals surface area contributed by atoms with Crippen molar-refractivity contribution in [1.29, 1.82) is 0 Å². The van der Waals surface area contributed by atoms with Gasteiger partial charge in [-0.25, -0.2) is 0 Å². The Morgan fingerprint density at radius 2 is 2.12 bits per heavy atom. The van der Waals surface area contributed by atoms with Crippen molar-refractivity contribution < 1.29 is 4.79 Å². The first kappa shape index (κ1) is 17.8. The molecule has 1 unspecified atom stereocenters. The van der Waals surface area contributed by atoms with Gasteiger partial charge in [0.2, 0.25) is 5.91 Å². The van der Waals surface area contributed by atoms with Gasteiger partial charge in [-0.15, -0.1) is 0 Å². The molecule has 136 valence electrons. The molecular weight excluding hydrogens is 312 g/mol. The summed E-state index contributed by atoms with van der Waals surface area (Å²) in [5.41, 5.74) is 2.32. The minimum atomic E-state index is 0.115. The van der Waals surface area contributed by atoms with E-state index < -0.39 is 0 Å². The molecule has 3 rings (SSSR count). The van der Waals surface area contributed by atoms with E-state index in [1.54, 1.807) is 7.05 Å². The molecular formula is C20H30N4O. The van der Waals surface area contributed by atoms with Gasteiger partial charge < -0.3 is 15.1 Å². The lowest BCUT2D eigenvalue weighted by molar-refractivity contribution is -0.117. The van der Waals surface area contributed by atoms with Gasteiger partial charge >= 0.3 is 0 Å². The third-order valence-corrected chi connectivity index (χ3v) is 5.19. The summed E-state index contributed by atoms with van der Waals surface area (Å²) in [5, 5.41) is 3.28. The van der Waals surface area contributed by atoms with Crippen LogP contribution in [-0.4, -0.2) is 50.0 Å². The highest BCUT2D eigenvalue weighted by Crippen LogP contribution is 2.27. The third kappa shape index (κ3) is 4.14. The van der Waals surface area contributed by atoms with Crippen LogP contribution < -0.4 is 10.2 Å². The van der Waals surface area contributed by atoms with Crippen LogP contribution >= 0.6 is 0 Å². The van der Waals surface area contributed by atoms with Crippen LogP contribution in [0.5, 0.6) is 0 Å². The van der Waals surface area contributed by atoms with Crippen LogP contribution in [0, 0.1) is 11.8 Å². The number of hydrogen-bond donors (Lipinski definition) is 1. The standard InChI is InChI=1S/C20H30N4O/c1-15(2)12-16-8-10-23(14-16)20(21-3)22-13-19(25)24-11-9-17-6-4-5-7-18(17)24/h4-7,15-16H,8-14H2,1-3H3,(H,21,22). The normalized spacial score (nSPS) is 20.3. The van der Waals surface area contributed by atoms with Crippen molar-refractivity contribution in [3.63, 3.8) is 0 Å². The van der Waals surface area contributed by atoms with Gasteiger partial charge in [0, 0.05) is 32.4 Å². The topological polar surface area (TPSA) is 47.9 Å². The van der Waals surface area contributed by atoms with Crippen LogP contribution in [0.25, 0.3) is 0 Å². The molecule has 1 N–H and O–H groups in total. The number of carbonyl (C=O) groups excluding carboxylic acids is 1. The van der Waals surface area contributed by atoms with Crippen molar-refractivity contribution in [2.24, 2.45) is 16.8 Å². The lowest BCUT2D eigenvalue weighted by Crippen LogP contribution is -2.45. The maximum absolute atomic E-state index is 12.6.